The summed E-state index contributed by atoms with van der Waals surface area (Å²) in [5.74, 6) is -2.24. The summed E-state index contributed by atoms with van der Waals surface area (Å²) in [4.78, 5) is 25.2. The Morgan fingerprint density at radius 3 is 2.33 bits per heavy atom. The maximum atomic E-state index is 13.5. The summed E-state index contributed by atoms with van der Waals surface area (Å²) in [6.45, 7) is 1.92. The predicted octanol–water partition coefficient (Wildman–Crippen LogP) is 2.54. The van der Waals surface area contributed by atoms with Crippen LogP contribution in [0.25, 0.3) is 0 Å². The van der Waals surface area contributed by atoms with Gasteiger partial charge >= 0.3 is 6.18 Å². The number of carbonyl (C=O) groups is 2. The van der Waals surface area contributed by atoms with Crippen molar-refractivity contribution in [2.45, 2.75) is 43.6 Å². The lowest BCUT2D eigenvalue weighted by Crippen LogP contribution is -2.65. The van der Waals surface area contributed by atoms with Crippen LogP contribution < -0.4 is 10.2 Å². The topological polar surface area (TPSA) is 116 Å². The van der Waals surface area contributed by atoms with Gasteiger partial charge in [0.15, 0.2) is 0 Å². The van der Waals surface area contributed by atoms with Crippen LogP contribution in [0.1, 0.15) is 25.0 Å². The number of halogens is 4. The Hall–Kier alpha value is -3.23. The fraction of sp³-hybridized carbons (Fsp3) is 0.364. The molecule has 1 fully saturated rings. The first kappa shape index (κ1) is 27.4. The first-order valence-corrected chi connectivity index (χ1v) is 12.0. The Labute approximate surface area is 204 Å². The molecule has 0 radical (unpaired) electrons. The number of rotatable bonds is 6. The molecule has 1 heterocycles. The number of hydrogen-bond donors (Lipinski definition) is 2. The Morgan fingerprint density at radius 1 is 1.14 bits per heavy atom. The van der Waals surface area contributed by atoms with Crippen LogP contribution in [0.3, 0.4) is 0 Å². The predicted molar refractivity (Wildman–Crippen MR) is 117 cm³/mol. The van der Waals surface area contributed by atoms with Crippen LogP contribution in [0.5, 0.6) is 5.75 Å². The van der Waals surface area contributed by atoms with E-state index in [9.17, 15) is 35.6 Å². The van der Waals surface area contributed by atoms with Gasteiger partial charge in [0, 0.05) is 25.6 Å². The van der Waals surface area contributed by atoms with E-state index in [1.807, 2.05) is 0 Å². The molecule has 2 aromatic rings. The van der Waals surface area contributed by atoms with Gasteiger partial charge in [-0.05, 0) is 49.4 Å². The molecule has 1 saturated heterocycles. The second-order valence-electron chi connectivity index (χ2n) is 8.05. The van der Waals surface area contributed by atoms with Crippen molar-refractivity contribution < 1.29 is 45.5 Å². The van der Waals surface area contributed by atoms with E-state index in [-0.39, 0.29) is 29.6 Å². The van der Waals surface area contributed by atoms with E-state index in [2.05, 4.69) is 0 Å². The summed E-state index contributed by atoms with van der Waals surface area (Å²) in [5.41, 5.74) is -0.0670. The van der Waals surface area contributed by atoms with Crippen LogP contribution >= 0.6 is 0 Å². The molecule has 2 amide bonds. The first-order valence-electron chi connectivity index (χ1n) is 10.6. The van der Waals surface area contributed by atoms with Crippen molar-refractivity contribution in [2.24, 2.45) is 0 Å². The van der Waals surface area contributed by atoms with Crippen LogP contribution in [0.15, 0.2) is 47.4 Å². The van der Waals surface area contributed by atoms with Crippen molar-refractivity contribution in [3.8, 4) is 5.75 Å². The zero-order chi connectivity index (χ0) is 26.8. The van der Waals surface area contributed by atoms with Crippen molar-refractivity contribution in [1.82, 2.24) is 14.7 Å². The highest BCUT2D eigenvalue weighted by Crippen LogP contribution is 2.33. The quantitative estimate of drug-likeness (QED) is 0.335. The number of nitrogens with zero attached hydrogens (tertiary/aromatic N) is 2. The SMILES string of the molecule is CC(=O)N1CCN(S(=O)(=O)c2ccc(OCc3cc(F)ccc3C(F)(F)F)cc2)C(C(=O)NO)C1C. The maximum absolute atomic E-state index is 13.5. The molecular weight excluding hydrogens is 510 g/mol. The number of hydrogen-bond acceptors (Lipinski definition) is 6. The van der Waals surface area contributed by atoms with Gasteiger partial charge in [0.1, 0.15) is 24.2 Å². The highest BCUT2D eigenvalue weighted by atomic mass is 32.2. The van der Waals surface area contributed by atoms with Crippen LogP contribution in [0.4, 0.5) is 17.6 Å². The number of amides is 2. The van der Waals surface area contributed by atoms with Gasteiger partial charge in [0.25, 0.3) is 5.91 Å². The second-order valence-corrected chi connectivity index (χ2v) is 9.94. The second kappa shape index (κ2) is 10.4. The average molecular weight is 534 g/mol. The molecule has 2 atom stereocenters. The van der Waals surface area contributed by atoms with Crippen molar-refractivity contribution >= 4 is 21.8 Å². The number of carbonyl (C=O) groups excluding carboxylic acids is 2. The van der Waals surface area contributed by atoms with Crippen molar-refractivity contribution in [3.05, 3.63) is 59.4 Å². The molecule has 196 valence electrons. The molecule has 2 unspecified atom stereocenters. The molecule has 0 spiro atoms. The smallest absolute Gasteiger partial charge is 0.416 e. The van der Waals surface area contributed by atoms with E-state index in [0.717, 1.165) is 16.4 Å². The van der Waals surface area contributed by atoms with Gasteiger partial charge in [0.2, 0.25) is 15.9 Å². The molecule has 2 aromatic carbocycles. The minimum absolute atomic E-state index is 0.0152. The van der Waals surface area contributed by atoms with Gasteiger partial charge in [-0.2, -0.15) is 17.5 Å². The van der Waals surface area contributed by atoms with Gasteiger partial charge in [-0.25, -0.2) is 18.3 Å². The minimum Gasteiger partial charge on any atom is -0.489 e. The Morgan fingerprint density at radius 2 is 1.78 bits per heavy atom. The molecule has 0 aliphatic carbocycles. The minimum atomic E-state index is -4.72. The van der Waals surface area contributed by atoms with E-state index in [0.29, 0.717) is 18.2 Å². The van der Waals surface area contributed by atoms with Gasteiger partial charge in [-0.3, -0.25) is 14.8 Å². The molecule has 14 heteroatoms. The zero-order valence-corrected chi connectivity index (χ0v) is 19.9. The third kappa shape index (κ3) is 5.60. The molecule has 0 saturated carbocycles. The number of piperazine rings is 1. The fourth-order valence-electron chi connectivity index (χ4n) is 4.05. The summed E-state index contributed by atoms with van der Waals surface area (Å²) in [5, 5.41) is 9.13. The van der Waals surface area contributed by atoms with E-state index in [1.165, 1.54) is 36.4 Å². The lowest BCUT2D eigenvalue weighted by atomic mass is 10.0. The normalized spacial score (nSPS) is 19.1. The molecule has 1 aliphatic heterocycles. The third-order valence-electron chi connectivity index (χ3n) is 5.80. The molecule has 36 heavy (non-hydrogen) atoms. The number of nitrogens with one attached hydrogen (secondary N) is 1. The van der Waals surface area contributed by atoms with Gasteiger partial charge in [-0.1, -0.05) is 0 Å². The van der Waals surface area contributed by atoms with E-state index < -0.39 is 57.7 Å². The van der Waals surface area contributed by atoms with Crippen LogP contribution in [0.2, 0.25) is 0 Å². The summed E-state index contributed by atoms with van der Waals surface area (Å²) in [7, 11) is -4.29. The van der Waals surface area contributed by atoms with Crippen molar-refractivity contribution in [1.29, 1.82) is 0 Å². The number of sulfonamides is 1. The van der Waals surface area contributed by atoms with Crippen molar-refractivity contribution in [2.75, 3.05) is 13.1 Å². The maximum Gasteiger partial charge on any atom is 0.416 e. The highest BCUT2D eigenvalue weighted by Gasteiger charge is 2.45. The molecule has 9 nitrogen and oxygen atoms in total. The average Bonchev–Trinajstić information content (AvgIpc) is 2.81. The molecule has 2 N–H and O–H groups in total. The van der Waals surface area contributed by atoms with Crippen LogP contribution in [-0.4, -0.2) is 59.8 Å². The largest absolute Gasteiger partial charge is 0.489 e. The standard InChI is InChI=1S/C22H23F4N3O6S/c1-13-20(21(31)27-32)29(10-9-28(13)14(2)30)36(33,34)18-6-4-17(5-7-18)35-12-15-11-16(23)3-8-19(15)22(24,25)26/h3-8,11,13,20,32H,9-10,12H2,1-2H3,(H,27,31). The van der Waals surface area contributed by atoms with Gasteiger partial charge < -0.3 is 9.64 Å². The lowest BCUT2D eigenvalue weighted by molar-refractivity contribution is -0.142. The first-order chi connectivity index (χ1) is 16.8. The fourth-order valence-corrected chi connectivity index (χ4v) is 5.70. The van der Waals surface area contributed by atoms with Crippen molar-refractivity contribution in [3.63, 3.8) is 0 Å². The summed E-state index contributed by atoms with van der Waals surface area (Å²) in [6, 6.07) is 4.38. The monoisotopic (exact) mass is 533 g/mol. The Bertz CT molecular complexity index is 1240. The Balaban J connectivity index is 1.82. The molecule has 0 aromatic heterocycles. The summed E-state index contributed by atoms with van der Waals surface area (Å²) in [6.07, 6.45) is -4.72. The van der Waals surface area contributed by atoms with Crippen LogP contribution in [0, 0.1) is 5.82 Å². The molecular formula is C22H23F4N3O6S. The van der Waals surface area contributed by atoms with Gasteiger partial charge in [0.05, 0.1) is 16.5 Å². The molecule has 1 aliphatic rings. The molecule has 3 rings (SSSR count). The van der Waals surface area contributed by atoms with E-state index >= 15 is 0 Å². The lowest BCUT2D eigenvalue weighted by Gasteiger charge is -2.43. The summed E-state index contributed by atoms with van der Waals surface area (Å²) < 4.78 is 85.7. The van der Waals surface area contributed by atoms with Gasteiger partial charge in [-0.15, -0.1) is 0 Å². The summed E-state index contributed by atoms with van der Waals surface area (Å²) >= 11 is 0. The molecule has 0 bridgehead atoms. The highest BCUT2D eigenvalue weighted by molar-refractivity contribution is 7.89. The zero-order valence-electron chi connectivity index (χ0n) is 19.1. The number of benzene rings is 2. The third-order valence-corrected chi connectivity index (χ3v) is 7.70. The number of hydroxylamine groups is 1. The van der Waals surface area contributed by atoms with E-state index in [4.69, 9.17) is 9.94 Å². The van der Waals surface area contributed by atoms with Crippen LogP contribution in [-0.2, 0) is 32.4 Å². The number of ether oxygens (including phenoxy) is 1. The van der Waals surface area contributed by atoms with E-state index in [1.54, 1.807) is 0 Å². The Kier molecular flexibility index (Phi) is 7.91. The number of alkyl halides is 3.